The van der Waals surface area contributed by atoms with E-state index in [1.54, 1.807) is 0 Å². The Morgan fingerprint density at radius 2 is 2.18 bits per heavy atom. The van der Waals surface area contributed by atoms with E-state index in [0.29, 0.717) is 5.95 Å². The Bertz CT molecular complexity index is 219. The molecule has 0 saturated carbocycles. The summed E-state index contributed by atoms with van der Waals surface area (Å²) in [6, 6.07) is 0. The molecule has 0 atom stereocenters. The minimum atomic E-state index is 0.647. The van der Waals surface area contributed by atoms with Crippen LogP contribution in [0.25, 0.3) is 0 Å². The van der Waals surface area contributed by atoms with E-state index < -0.39 is 0 Å². The monoisotopic (exact) mass is 155 g/mol. The van der Waals surface area contributed by atoms with Crippen LogP contribution in [0.15, 0.2) is 4.52 Å². The molecule has 0 amide bonds. The molecule has 0 aromatic carbocycles. The molecule has 1 aromatic rings. The van der Waals surface area contributed by atoms with Gasteiger partial charge in [0.2, 0.25) is 5.89 Å². The van der Waals surface area contributed by atoms with E-state index in [-0.39, 0.29) is 0 Å². The number of aromatic nitrogens is 2. The van der Waals surface area contributed by atoms with Crippen LogP contribution in [-0.2, 0) is 6.42 Å². The lowest BCUT2D eigenvalue weighted by molar-refractivity contribution is 0.377. The van der Waals surface area contributed by atoms with Crippen molar-refractivity contribution in [1.82, 2.24) is 10.1 Å². The molecule has 1 aromatic heterocycles. The normalized spacial score (nSPS) is 10.1. The van der Waals surface area contributed by atoms with Gasteiger partial charge in [0.05, 0.1) is 0 Å². The zero-order chi connectivity index (χ0) is 8.27. The van der Waals surface area contributed by atoms with Crippen molar-refractivity contribution in [2.24, 2.45) is 0 Å². The van der Waals surface area contributed by atoms with Crippen molar-refractivity contribution in [2.45, 2.75) is 19.8 Å². The van der Waals surface area contributed by atoms with Crippen LogP contribution in [0.5, 0.6) is 0 Å². The fraction of sp³-hybridized carbons (Fsp3) is 0.714. The van der Waals surface area contributed by atoms with Crippen molar-refractivity contribution < 1.29 is 4.52 Å². The zero-order valence-electron chi connectivity index (χ0n) is 7.16. The van der Waals surface area contributed by atoms with Gasteiger partial charge in [0.25, 0.3) is 5.95 Å². The summed E-state index contributed by atoms with van der Waals surface area (Å²) in [6.07, 6.45) is 1.90. The number of rotatable bonds is 3. The van der Waals surface area contributed by atoms with Crippen LogP contribution in [0.1, 0.15) is 19.2 Å². The quantitative estimate of drug-likeness (QED) is 0.655. The van der Waals surface area contributed by atoms with E-state index in [9.17, 15) is 0 Å². The second kappa shape index (κ2) is 3.37. The molecule has 0 radical (unpaired) electrons. The highest BCUT2D eigenvalue weighted by atomic mass is 16.5. The molecule has 1 rings (SSSR count). The molecular weight excluding hydrogens is 142 g/mol. The van der Waals surface area contributed by atoms with Gasteiger partial charge in [0.1, 0.15) is 0 Å². The smallest absolute Gasteiger partial charge is 0.265 e. The van der Waals surface area contributed by atoms with Gasteiger partial charge in [0, 0.05) is 20.5 Å². The molecule has 0 aliphatic heterocycles. The maximum absolute atomic E-state index is 4.96. The highest BCUT2D eigenvalue weighted by Crippen LogP contribution is 2.06. The van der Waals surface area contributed by atoms with Crippen molar-refractivity contribution >= 4 is 5.95 Å². The van der Waals surface area contributed by atoms with E-state index in [2.05, 4.69) is 17.1 Å². The predicted molar refractivity (Wildman–Crippen MR) is 42.6 cm³/mol. The largest absolute Gasteiger partial charge is 0.344 e. The lowest BCUT2D eigenvalue weighted by Gasteiger charge is -2.02. The molecule has 0 unspecified atom stereocenters. The van der Waals surface area contributed by atoms with E-state index in [4.69, 9.17) is 4.52 Å². The van der Waals surface area contributed by atoms with Gasteiger partial charge in [-0.1, -0.05) is 6.92 Å². The van der Waals surface area contributed by atoms with Crippen molar-refractivity contribution in [3.05, 3.63) is 5.89 Å². The van der Waals surface area contributed by atoms with Gasteiger partial charge < -0.3 is 9.42 Å². The summed E-state index contributed by atoms with van der Waals surface area (Å²) in [5, 5.41) is 3.77. The molecule has 11 heavy (non-hydrogen) atoms. The van der Waals surface area contributed by atoms with Gasteiger partial charge in [-0.05, 0) is 11.6 Å². The van der Waals surface area contributed by atoms with Gasteiger partial charge in [-0.2, -0.15) is 4.98 Å². The van der Waals surface area contributed by atoms with Crippen LogP contribution in [0.4, 0.5) is 5.95 Å². The summed E-state index contributed by atoms with van der Waals surface area (Å²) >= 11 is 0. The van der Waals surface area contributed by atoms with Gasteiger partial charge in [0.15, 0.2) is 0 Å². The Morgan fingerprint density at radius 1 is 1.45 bits per heavy atom. The third-order valence-corrected chi connectivity index (χ3v) is 1.32. The third kappa shape index (κ3) is 1.93. The first-order chi connectivity index (χ1) is 5.24. The third-order valence-electron chi connectivity index (χ3n) is 1.32. The molecule has 0 aliphatic rings. The van der Waals surface area contributed by atoms with Gasteiger partial charge in [-0.25, -0.2) is 0 Å². The maximum Gasteiger partial charge on any atom is 0.265 e. The molecule has 4 heteroatoms. The first-order valence-corrected chi connectivity index (χ1v) is 3.74. The van der Waals surface area contributed by atoms with Crippen molar-refractivity contribution in [3.63, 3.8) is 0 Å². The zero-order valence-corrected chi connectivity index (χ0v) is 7.16. The molecule has 0 fully saturated rings. The van der Waals surface area contributed by atoms with Crippen LogP contribution in [0, 0.1) is 0 Å². The van der Waals surface area contributed by atoms with Crippen molar-refractivity contribution in [2.75, 3.05) is 19.0 Å². The SMILES string of the molecule is CCCc1nc(N(C)C)no1. The van der Waals surface area contributed by atoms with E-state index in [1.807, 2.05) is 19.0 Å². The number of hydrogen-bond donors (Lipinski definition) is 0. The Labute approximate surface area is 66.2 Å². The van der Waals surface area contributed by atoms with Crippen LogP contribution in [0.3, 0.4) is 0 Å². The molecule has 62 valence electrons. The Hall–Kier alpha value is -1.06. The highest BCUT2D eigenvalue weighted by molar-refractivity contribution is 5.23. The first-order valence-electron chi connectivity index (χ1n) is 3.74. The Kier molecular flexibility index (Phi) is 2.46. The van der Waals surface area contributed by atoms with Gasteiger partial charge in [-0.3, -0.25) is 0 Å². The number of hydrogen-bond acceptors (Lipinski definition) is 4. The molecule has 0 spiro atoms. The van der Waals surface area contributed by atoms with E-state index in [0.717, 1.165) is 18.7 Å². The summed E-state index contributed by atoms with van der Waals surface area (Å²) in [7, 11) is 3.78. The molecule has 4 nitrogen and oxygen atoms in total. The molecule has 1 heterocycles. The first kappa shape index (κ1) is 8.04. The average molecular weight is 155 g/mol. The maximum atomic E-state index is 4.96. The summed E-state index contributed by atoms with van der Waals surface area (Å²) in [5.41, 5.74) is 0. The van der Waals surface area contributed by atoms with E-state index in [1.165, 1.54) is 0 Å². The number of nitrogens with zero attached hydrogens (tertiary/aromatic N) is 3. The van der Waals surface area contributed by atoms with Gasteiger partial charge in [-0.15, -0.1) is 0 Å². The van der Waals surface area contributed by atoms with Crippen LogP contribution in [-0.4, -0.2) is 24.2 Å². The highest BCUT2D eigenvalue weighted by Gasteiger charge is 2.05. The molecule has 0 bridgehead atoms. The average Bonchev–Trinajstić information content (AvgIpc) is 2.37. The predicted octanol–water partition coefficient (Wildman–Crippen LogP) is 1.09. The van der Waals surface area contributed by atoms with Crippen LogP contribution < -0.4 is 4.90 Å². The van der Waals surface area contributed by atoms with Crippen molar-refractivity contribution in [3.8, 4) is 0 Å². The lowest BCUT2D eigenvalue weighted by Crippen LogP contribution is -2.10. The fourth-order valence-corrected chi connectivity index (χ4v) is 0.743. The minimum absolute atomic E-state index is 0.647. The van der Waals surface area contributed by atoms with E-state index >= 15 is 0 Å². The van der Waals surface area contributed by atoms with Crippen molar-refractivity contribution in [1.29, 1.82) is 0 Å². The Balaban J connectivity index is 2.66. The standard InChI is InChI=1S/C7H13N3O/c1-4-5-6-8-7(9-11-6)10(2)3/h4-5H2,1-3H3. The lowest BCUT2D eigenvalue weighted by atomic mass is 10.3. The summed E-state index contributed by atoms with van der Waals surface area (Å²) in [6.45, 7) is 2.08. The summed E-state index contributed by atoms with van der Waals surface area (Å²) in [4.78, 5) is 5.97. The summed E-state index contributed by atoms with van der Waals surface area (Å²) < 4.78 is 4.96. The minimum Gasteiger partial charge on any atom is -0.344 e. The molecule has 0 aliphatic carbocycles. The molecule has 0 saturated heterocycles. The second-order valence-electron chi connectivity index (χ2n) is 2.63. The topological polar surface area (TPSA) is 42.2 Å². The summed E-state index contributed by atoms with van der Waals surface area (Å²) in [5.74, 6) is 1.37. The number of anilines is 1. The number of aryl methyl sites for hydroxylation is 1. The Morgan fingerprint density at radius 3 is 2.64 bits per heavy atom. The van der Waals surface area contributed by atoms with Crippen LogP contribution in [0.2, 0.25) is 0 Å². The second-order valence-corrected chi connectivity index (χ2v) is 2.63. The van der Waals surface area contributed by atoms with Crippen LogP contribution >= 0.6 is 0 Å². The fourth-order valence-electron chi connectivity index (χ4n) is 0.743. The molecular formula is C7H13N3O. The molecule has 0 N–H and O–H groups in total. The van der Waals surface area contributed by atoms with Gasteiger partial charge >= 0.3 is 0 Å².